The minimum absolute atomic E-state index is 0.0554. The number of hydrogen-bond acceptors (Lipinski definition) is 3. The highest BCUT2D eigenvalue weighted by atomic mass is 16.5. The van der Waals surface area contributed by atoms with Crippen molar-refractivity contribution >= 4 is 5.91 Å². The Morgan fingerprint density at radius 1 is 1.19 bits per heavy atom. The molecule has 146 valence electrons. The molecule has 1 fully saturated rings. The second-order valence-electron chi connectivity index (χ2n) is 7.70. The van der Waals surface area contributed by atoms with Crippen LogP contribution in [0, 0.1) is 11.8 Å². The first-order valence-corrected chi connectivity index (χ1v) is 10.2. The van der Waals surface area contributed by atoms with Crippen LogP contribution in [-0.4, -0.2) is 24.2 Å². The van der Waals surface area contributed by atoms with Gasteiger partial charge in [-0.1, -0.05) is 45.6 Å². The number of carbonyl (C=O) groups excluding carboxylic acids is 1. The van der Waals surface area contributed by atoms with Gasteiger partial charge in [0.15, 0.2) is 11.5 Å². The van der Waals surface area contributed by atoms with Gasteiger partial charge in [0.05, 0.1) is 13.5 Å². The minimum atomic E-state index is 0.0554. The molecule has 0 bridgehead atoms. The van der Waals surface area contributed by atoms with Crippen molar-refractivity contribution in [1.82, 2.24) is 5.32 Å². The van der Waals surface area contributed by atoms with E-state index < -0.39 is 0 Å². The fourth-order valence-corrected chi connectivity index (χ4v) is 4.39. The van der Waals surface area contributed by atoms with Crippen molar-refractivity contribution in [3.05, 3.63) is 23.8 Å². The van der Waals surface area contributed by atoms with Gasteiger partial charge in [0.25, 0.3) is 0 Å². The molecule has 0 heterocycles. The maximum atomic E-state index is 12.4. The standard InChI is InChI=1S/C22H35NO3/c1-4-6-17(7-5-2)18-9-11-19(12-10-18)23-22(25)15-16-8-13-20(24)21(14-16)26-3/h8,13-14,17-19,24H,4-7,9-12,15H2,1-3H3,(H,23,25). The molecule has 1 aromatic carbocycles. The third-order valence-electron chi connectivity index (χ3n) is 5.73. The summed E-state index contributed by atoms with van der Waals surface area (Å²) in [4.78, 5) is 12.4. The van der Waals surface area contributed by atoms with E-state index >= 15 is 0 Å². The third kappa shape index (κ3) is 5.93. The van der Waals surface area contributed by atoms with Crippen molar-refractivity contribution in [2.45, 2.75) is 77.7 Å². The monoisotopic (exact) mass is 361 g/mol. The lowest BCUT2D eigenvalue weighted by Crippen LogP contribution is -2.39. The highest BCUT2D eigenvalue weighted by Gasteiger charge is 2.27. The molecule has 1 aliphatic carbocycles. The summed E-state index contributed by atoms with van der Waals surface area (Å²) in [6.07, 6.45) is 10.2. The molecule has 4 heteroatoms. The maximum absolute atomic E-state index is 12.4. The number of aromatic hydroxyl groups is 1. The predicted molar refractivity (Wildman–Crippen MR) is 106 cm³/mol. The van der Waals surface area contributed by atoms with Crippen molar-refractivity contribution in [2.75, 3.05) is 7.11 Å². The highest BCUT2D eigenvalue weighted by Crippen LogP contribution is 2.35. The van der Waals surface area contributed by atoms with Crippen LogP contribution < -0.4 is 10.1 Å². The molecular weight excluding hydrogens is 326 g/mol. The molecule has 0 atom stereocenters. The number of phenolic OH excluding ortho intramolecular Hbond substituents is 1. The molecule has 0 saturated heterocycles. The van der Waals surface area contributed by atoms with Crippen molar-refractivity contribution in [3.8, 4) is 11.5 Å². The molecule has 1 saturated carbocycles. The maximum Gasteiger partial charge on any atom is 0.224 e. The number of amides is 1. The molecule has 0 radical (unpaired) electrons. The van der Waals surface area contributed by atoms with Crippen LogP contribution >= 0.6 is 0 Å². The largest absolute Gasteiger partial charge is 0.504 e. The Hall–Kier alpha value is -1.71. The molecule has 1 aliphatic rings. The Morgan fingerprint density at radius 2 is 1.85 bits per heavy atom. The van der Waals surface area contributed by atoms with Crippen LogP contribution in [-0.2, 0) is 11.2 Å². The summed E-state index contributed by atoms with van der Waals surface area (Å²) in [6, 6.07) is 5.39. The molecule has 0 aliphatic heterocycles. The van der Waals surface area contributed by atoms with Crippen LogP contribution in [0.2, 0.25) is 0 Å². The number of phenols is 1. The normalized spacial score (nSPS) is 20.2. The summed E-state index contributed by atoms with van der Waals surface area (Å²) < 4.78 is 5.11. The Labute approximate surface area is 158 Å². The third-order valence-corrected chi connectivity index (χ3v) is 5.73. The summed E-state index contributed by atoms with van der Waals surface area (Å²) in [6.45, 7) is 4.57. The van der Waals surface area contributed by atoms with Crippen LogP contribution in [0.3, 0.4) is 0 Å². The Morgan fingerprint density at radius 3 is 2.42 bits per heavy atom. The van der Waals surface area contributed by atoms with E-state index in [0.29, 0.717) is 18.2 Å². The Balaban J connectivity index is 1.80. The average Bonchev–Trinajstić information content (AvgIpc) is 2.64. The van der Waals surface area contributed by atoms with Gasteiger partial charge in [0, 0.05) is 6.04 Å². The lowest BCUT2D eigenvalue weighted by Gasteiger charge is -2.34. The van der Waals surface area contributed by atoms with Gasteiger partial charge in [-0.05, 0) is 55.2 Å². The van der Waals surface area contributed by atoms with E-state index in [-0.39, 0.29) is 11.7 Å². The smallest absolute Gasteiger partial charge is 0.224 e. The second kappa shape index (κ2) is 10.4. The molecule has 2 rings (SSSR count). The Kier molecular flexibility index (Phi) is 8.27. The zero-order valence-corrected chi connectivity index (χ0v) is 16.6. The summed E-state index contributed by atoms with van der Waals surface area (Å²) >= 11 is 0. The predicted octanol–water partition coefficient (Wildman–Crippen LogP) is 4.83. The number of hydrogen-bond donors (Lipinski definition) is 2. The van der Waals surface area contributed by atoms with Crippen molar-refractivity contribution in [1.29, 1.82) is 0 Å². The van der Waals surface area contributed by atoms with Gasteiger partial charge in [-0.15, -0.1) is 0 Å². The van der Waals surface area contributed by atoms with Crippen molar-refractivity contribution in [2.24, 2.45) is 11.8 Å². The lowest BCUT2D eigenvalue weighted by molar-refractivity contribution is -0.121. The first-order chi connectivity index (χ1) is 12.6. The van der Waals surface area contributed by atoms with E-state index in [1.807, 2.05) is 0 Å². The fourth-order valence-electron chi connectivity index (χ4n) is 4.39. The number of nitrogens with one attached hydrogen (secondary N) is 1. The molecular formula is C22H35NO3. The van der Waals surface area contributed by atoms with Crippen LogP contribution in [0.1, 0.15) is 70.8 Å². The SMILES string of the molecule is CCCC(CCC)C1CCC(NC(=O)Cc2ccc(O)c(OC)c2)CC1. The summed E-state index contributed by atoms with van der Waals surface area (Å²) in [5.74, 6) is 2.27. The topological polar surface area (TPSA) is 58.6 Å². The number of ether oxygens (including phenoxy) is 1. The van der Waals surface area contributed by atoms with Gasteiger partial charge >= 0.3 is 0 Å². The highest BCUT2D eigenvalue weighted by molar-refractivity contribution is 5.79. The molecule has 1 amide bonds. The molecule has 4 nitrogen and oxygen atoms in total. The van der Waals surface area contributed by atoms with Gasteiger partial charge in [-0.2, -0.15) is 0 Å². The quantitative estimate of drug-likeness (QED) is 0.662. The molecule has 26 heavy (non-hydrogen) atoms. The van der Waals surface area contributed by atoms with Crippen LogP contribution in [0.4, 0.5) is 0 Å². The Bertz CT molecular complexity index is 559. The molecule has 0 spiro atoms. The first-order valence-electron chi connectivity index (χ1n) is 10.2. The zero-order chi connectivity index (χ0) is 18.9. The van der Waals surface area contributed by atoms with E-state index in [2.05, 4.69) is 19.2 Å². The van der Waals surface area contributed by atoms with Gasteiger partial charge in [0.2, 0.25) is 5.91 Å². The average molecular weight is 362 g/mol. The number of carbonyl (C=O) groups is 1. The second-order valence-corrected chi connectivity index (χ2v) is 7.70. The number of rotatable bonds is 9. The summed E-state index contributed by atoms with van der Waals surface area (Å²) in [5.41, 5.74) is 0.858. The minimum Gasteiger partial charge on any atom is -0.504 e. The van der Waals surface area contributed by atoms with Crippen LogP contribution in [0.25, 0.3) is 0 Å². The zero-order valence-electron chi connectivity index (χ0n) is 16.6. The van der Waals surface area contributed by atoms with Crippen molar-refractivity contribution < 1.29 is 14.6 Å². The molecule has 1 aromatic rings. The molecule has 0 unspecified atom stereocenters. The lowest BCUT2D eigenvalue weighted by atomic mass is 9.75. The summed E-state index contributed by atoms with van der Waals surface area (Å²) in [7, 11) is 1.52. The molecule has 0 aromatic heterocycles. The number of benzene rings is 1. The number of methoxy groups -OCH3 is 1. The van der Waals surface area contributed by atoms with E-state index in [0.717, 1.165) is 30.2 Å². The summed E-state index contributed by atoms with van der Waals surface area (Å²) in [5, 5.41) is 12.9. The van der Waals surface area contributed by atoms with Gasteiger partial charge in [-0.25, -0.2) is 0 Å². The van der Waals surface area contributed by atoms with Crippen molar-refractivity contribution in [3.63, 3.8) is 0 Å². The first kappa shape index (κ1) is 20.6. The fraction of sp³-hybridized carbons (Fsp3) is 0.682. The van der Waals surface area contributed by atoms with Gasteiger partial charge < -0.3 is 15.2 Å². The van der Waals surface area contributed by atoms with Crippen LogP contribution in [0.15, 0.2) is 18.2 Å². The van der Waals surface area contributed by atoms with E-state index in [1.165, 1.54) is 45.6 Å². The van der Waals surface area contributed by atoms with E-state index in [9.17, 15) is 9.90 Å². The van der Waals surface area contributed by atoms with E-state index in [4.69, 9.17) is 4.74 Å². The van der Waals surface area contributed by atoms with Crippen LogP contribution in [0.5, 0.6) is 11.5 Å². The van der Waals surface area contributed by atoms with Gasteiger partial charge in [0.1, 0.15) is 0 Å². The molecule has 2 N–H and O–H groups in total. The van der Waals surface area contributed by atoms with E-state index in [1.54, 1.807) is 18.2 Å². The van der Waals surface area contributed by atoms with Gasteiger partial charge in [-0.3, -0.25) is 4.79 Å².